The van der Waals surface area contributed by atoms with Gasteiger partial charge in [0.15, 0.2) is 0 Å². The molecule has 1 saturated heterocycles. The topological polar surface area (TPSA) is 32.3 Å². The minimum absolute atomic E-state index is 0. The smallest absolute Gasteiger partial charge is 0.251 e. The van der Waals surface area contributed by atoms with Gasteiger partial charge in [-0.2, -0.15) is 0 Å². The quantitative estimate of drug-likeness (QED) is 0.684. The number of hydrogen-bond acceptors (Lipinski definition) is 2. The average molecular weight is 397 g/mol. The number of rotatable bonds is 6. The lowest BCUT2D eigenvalue weighted by Gasteiger charge is -2.41. The van der Waals surface area contributed by atoms with Gasteiger partial charge in [0.1, 0.15) is 0 Å². The lowest BCUT2D eigenvalue weighted by Crippen LogP contribution is -2.43. The molecule has 1 amide bonds. The Balaban J connectivity index is 0.00000256. The lowest BCUT2D eigenvalue weighted by molar-refractivity contribution is -0.116. The summed E-state index contributed by atoms with van der Waals surface area (Å²) in [7, 11) is 0. The van der Waals surface area contributed by atoms with Crippen molar-refractivity contribution in [1.29, 1.82) is 0 Å². The number of carbonyl (C=O) groups is 1. The predicted octanol–water partition coefficient (Wildman–Crippen LogP) is 5.55. The molecule has 1 heterocycles. The monoisotopic (exact) mass is 396 g/mol. The molecule has 3 aliphatic rings. The summed E-state index contributed by atoms with van der Waals surface area (Å²) in [4.78, 5) is 15.8. The van der Waals surface area contributed by atoms with Gasteiger partial charge in [-0.15, -0.1) is 0 Å². The van der Waals surface area contributed by atoms with Crippen LogP contribution in [0.2, 0.25) is 0 Å². The number of allylic oxidation sites excluding steroid dienone is 1. The Bertz CT molecular complexity index is 741. The fraction of sp³-hybridized carbons (Fsp3) is 0.654. The Morgan fingerprint density at radius 2 is 1.83 bits per heavy atom. The molecule has 4 rings (SSSR count). The molecule has 0 bridgehead atoms. The first-order valence-corrected chi connectivity index (χ1v) is 12.0. The molecule has 2 aliphatic carbocycles. The maximum Gasteiger partial charge on any atom is 0.251 e. The van der Waals surface area contributed by atoms with Gasteiger partial charge in [0.25, 0.3) is 5.91 Å². The molecule has 1 aromatic carbocycles. The number of carbonyl (C=O) groups excluding carboxylic acids is 1. The first-order chi connectivity index (χ1) is 14.1. The van der Waals surface area contributed by atoms with Crippen molar-refractivity contribution >= 4 is 11.5 Å². The maximum absolute atomic E-state index is 13.1. The van der Waals surface area contributed by atoms with Crippen molar-refractivity contribution in [2.24, 2.45) is 5.92 Å². The highest BCUT2D eigenvalue weighted by Gasteiger charge is 2.42. The molecule has 3 nitrogen and oxygen atoms in total. The molecule has 0 unspecified atom stereocenters. The van der Waals surface area contributed by atoms with Crippen LogP contribution in [-0.4, -0.2) is 36.5 Å². The van der Waals surface area contributed by atoms with Gasteiger partial charge in [-0.1, -0.05) is 63.5 Å². The zero-order chi connectivity index (χ0) is 20.3. The van der Waals surface area contributed by atoms with Crippen molar-refractivity contribution in [1.82, 2.24) is 10.2 Å². The minimum atomic E-state index is 0. The first kappa shape index (κ1) is 20.7. The summed E-state index contributed by atoms with van der Waals surface area (Å²) in [5.41, 5.74) is 3.51. The van der Waals surface area contributed by atoms with Crippen LogP contribution in [0, 0.1) is 5.92 Å². The summed E-state index contributed by atoms with van der Waals surface area (Å²) >= 11 is 0. The molecule has 1 aromatic rings. The van der Waals surface area contributed by atoms with Crippen LogP contribution in [0.1, 0.15) is 84.2 Å². The Labute approximate surface area is 178 Å². The van der Waals surface area contributed by atoms with E-state index in [-0.39, 0.29) is 18.8 Å². The molecule has 2 fully saturated rings. The highest BCUT2D eigenvalue weighted by Crippen LogP contribution is 2.47. The standard InChI is InChI=1S/C26H38N2O.H2/c1-3-21(4-2)27-25(29)23-18-26(24-13-9-8-12-22(23)24)14-16-28(17-15-26)19-20-10-6-5-7-11-20;/h8-9,12-13,18,20-21H,3-7,10-11,14-17,19H2,1-2H3,(H,27,29);1H. The second kappa shape index (κ2) is 9.04. The molecular formula is C26H40N2O. The third-order valence-corrected chi connectivity index (χ3v) is 7.73. The van der Waals surface area contributed by atoms with Crippen molar-refractivity contribution in [3.8, 4) is 0 Å². The van der Waals surface area contributed by atoms with Crippen molar-refractivity contribution in [2.75, 3.05) is 19.6 Å². The van der Waals surface area contributed by atoms with E-state index < -0.39 is 0 Å². The van der Waals surface area contributed by atoms with Crippen LogP contribution in [0.25, 0.3) is 5.57 Å². The fourth-order valence-corrected chi connectivity index (χ4v) is 5.81. The number of hydrogen-bond donors (Lipinski definition) is 1. The van der Waals surface area contributed by atoms with Crippen molar-refractivity contribution in [2.45, 2.75) is 83.1 Å². The van der Waals surface area contributed by atoms with Gasteiger partial charge in [-0.3, -0.25) is 4.79 Å². The molecule has 160 valence electrons. The van der Waals surface area contributed by atoms with E-state index in [4.69, 9.17) is 0 Å². The normalized spacial score (nSPS) is 22.0. The maximum atomic E-state index is 13.1. The van der Waals surface area contributed by atoms with Gasteiger partial charge in [0.2, 0.25) is 0 Å². The van der Waals surface area contributed by atoms with Gasteiger partial charge >= 0.3 is 0 Å². The Hall–Kier alpha value is -1.61. The summed E-state index contributed by atoms with van der Waals surface area (Å²) in [5.74, 6) is 1.03. The van der Waals surface area contributed by atoms with Crippen molar-refractivity contribution in [3.05, 3.63) is 41.5 Å². The van der Waals surface area contributed by atoms with Crippen molar-refractivity contribution in [3.63, 3.8) is 0 Å². The number of fused-ring (bicyclic) bond motifs is 2. The second-order valence-electron chi connectivity index (χ2n) is 9.55. The van der Waals surface area contributed by atoms with E-state index in [1.54, 1.807) is 0 Å². The summed E-state index contributed by atoms with van der Waals surface area (Å²) in [5, 5.41) is 3.27. The van der Waals surface area contributed by atoms with Gasteiger partial charge in [0, 0.05) is 25.0 Å². The molecule has 1 spiro atoms. The van der Waals surface area contributed by atoms with E-state index in [0.717, 1.165) is 55.8 Å². The van der Waals surface area contributed by atoms with Crippen LogP contribution >= 0.6 is 0 Å². The number of benzene rings is 1. The van der Waals surface area contributed by atoms with E-state index in [1.807, 2.05) is 0 Å². The Kier molecular flexibility index (Phi) is 6.44. The summed E-state index contributed by atoms with van der Waals surface area (Å²) in [6.45, 7) is 7.89. The van der Waals surface area contributed by atoms with E-state index >= 15 is 0 Å². The van der Waals surface area contributed by atoms with E-state index in [2.05, 4.69) is 54.4 Å². The Morgan fingerprint density at radius 3 is 2.52 bits per heavy atom. The predicted molar refractivity (Wildman–Crippen MR) is 123 cm³/mol. The van der Waals surface area contributed by atoms with Crippen LogP contribution in [0.3, 0.4) is 0 Å². The molecule has 0 radical (unpaired) electrons. The molecule has 1 aliphatic heterocycles. The zero-order valence-corrected chi connectivity index (χ0v) is 18.4. The fourth-order valence-electron chi connectivity index (χ4n) is 5.81. The number of likely N-dealkylation sites (tertiary alicyclic amines) is 1. The molecule has 3 heteroatoms. The van der Waals surface area contributed by atoms with Crippen LogP contribution in [0.5, 0.6) is 0 Å². The van der Waals surface area contributed by atoms with Gasteiger partial charge in [-0.05, 0) is 68.7 Å². The molecule has 0 aromatic heterocycles. The second-order valence-corrected chi connectivity index (χ2v) is 9.55. The zero-order valence-electron chi connectivity index (χ0n) is 18.4. The number of piperidine rings is 1. The van der Waals surface area contributed by atoms with E-state index in [9.17, 15) is 4.79 Å². The third-order valence-electron chi connectivity index (χ3n) is 7.73. The summed E-state index contributed by atoms with van der Waals surface area (Å²) < 4.78 is 0. The number of amides is 1. The van der Waals surface area contributed by atoms with E-state index in [1.165, 1.54) is 44.2 Å². The highest BCUT2D eigenvalue weighted by molar-refractivity contribution is 6.21. The van der Waals surface area contributed by atoms with Crippen LogP contribution < -0.4 is 5.32 Å². The minimum Gasteiger partial charge on any atom is -0.349 e. The van der Waals surface area contributed by atoms with Crippen LogP contribution in [0.15, 0.2) is 30.3 Å². The van der Waals surface area contributed by atoms with Gasteiger partial charge in [-0.25, -0.2) is 0 Å². The van der Waals surface area contributed by atoms with Crippen LogP contribution in [-0.2, 0) is 10.2 Å². The summed E-state index contributed by atoms with van der Waals surface area (Å²) in [6.07, 6.45) is 13.7. The van der Waals surface area contributed by atoms with Gasteiger partial charge < -0.3 is 10.2 Å². The van der Waals surface area contributed by atoms with Crippen LogP contribution in [0.4, 0.5) is 0 Å². The van der Waals surface area contributed by atoms with Gasteiger partial charge in [0.05, 0.1) is 0 Å². The third kappa shape index (κ3) is 4.30. The summed E-state index contributed by atoms with van der Waals surface area (Å²) in [6, 6.07) is 8.90. The van der Waals surface area contributed by atoms with E-state index in [0.29, 0.717) is 0 Å². The SMILES string of the molecule is CCC(CC)NC(=O)C1=CC2(CCN(CC3CCCCC3)CC2)c2ccccc21.[HH]. The molecular weight excluding hydrogens is 356 g/mol. The number of nitrogens with zero attached hydrogens (tertiary/aromatic N) is 1. The molecule has 1 N–H and O–H groups in total. The Morgan fingerprint density at radius 1 is 1.14 bits per heavy atom. The van der Waals surface area contributed by atoms with Crippen molar-refractivity contribution < 1.29 is 6.22 Å². The average Bonchev–Trinajstić information content (AvgIpc) is 3.09. The molecule has 0 atom stereocenters. The molecule has 1 saturated carbocycles. The first-order valence-electron chi connectivity index (χ1n) is 12.0. The largest absolute Gasteiger partial charge is 0.349 e. The molecule has 29 heavy (non-hydrogen) atoms. The number of nitrogens with one attached hydrogen (secondary N) is 1. The lowest BCUT2D eigenvalue weighted by atomic mass is 9.74. The highest BCUT2D eigenvalue weighted by atomic mass is 16.1.